The van der Waals surface area contributed by atoms with E-state index in [0.29, 0.717) is 18.7 Å². The van der Waals surface area contributed by atoms with E-state index in [9.17, 15) is 9.18 Å². The maximum absolute atomic E-state index is 13.0. The molecule has 1 aromatic rings. The zero-order valence-electron chi connectivity index (χ0n) is 9.88. The summed E-state index contributed by atoms with van der Waals surface area (Å²) < 4.78 is 13.0. The number of hydrogen-bond donors (Lipinski definition) is 1. The van der Waals surface area contributed by atoms with Crippen LogP contribution in [0.25, 0.3) is 0 Å². The SMILES string of the molecule is Cc1cc(CNCC(=O)N(C)C)ccc1F. The maximum atomic E-state index is 13.0. The monoisotopic (exact) mass is 224 g/mol. The van der Waals surface area contributed by atoms with Gasteiger partial charge in [0.25, 0.3) is 0 Å². The van der Waals surface area contributed by atoms with Crippen LogP contribution in [0.2, 0.25) is 0 Å². The predicted molar refractivity (Wildman–Crippen MR) is 61.5 cm³/mol. The normalized spacial score (nSPS) is 10.2. The first kappa shape index (κ1) is 12.6. The number of benzene rings is 1. The number of aryl methyl sites for hydroxylation is 1. The molecule has 4 heteroatoms. The molecule has 0 atom stereocenters. The quantitative estimate of drug-likeness (QED) is 0.836. The van der Waals surface area contributed by atoms with Gasteiger partial charge in [-0.2, -0.15) is 0 Å². The highest BCUT2D eigenvalue weighted by atomic mass is 19.1. The summed E-state index contributed by atoms with van der Waals surface area (Å²) in [5.41, 5.74) is 1.60. The number of likely N-dealkylation sites (N-methyl/N-ethyl adjacent to an activating group) is 1. The Kier molecular flexibility index (Phi) is 4.43. The van der Waals surface area contributed by atoms with Crippen molar-refractivity contribution in [3.05, 3.63) is 35.1 Å². The Hall–Kier alpha value is -1.42. The molecular weight excluding hydrogens is 207 g/mol. The Labute approximate surface area is 95.3 Å². The molecule has 0 fully saturated rings. The highest BCUT2D eigenvalue weighted by molar-refractivity contribution is 5.77. The van der Waals surface area contributed by atoms with Crippen molar-refractivity contribution in [1.29, 1.82) is 0 Å². The van der Waals surface area contributed by atoms with E-state index in [1.165, 1.54) is 11.0 Å². The highest BCUT2D eigenvalue weighted by Crippen LogP contribution is 2.08. The summed E-state index contributed by atoms with van der Waals surface area (Å²) in [6.45, 7) is 2.59. The second-order valence-corrected chi connectivity index (χ2v) is 3.98. The van der Waals surface area contributed by atoms with Crippen LogP contribution in [-0.2, 0) is 11.3 Å². The number of rotatable bonds is 4. The van der Waals surface area contributed by atoms with Crippen LogP contribution < -0.4 is 5.32 Å². The van der Waals surface area contributed by atoms with E-state index in [1.54, 1.807) is 33.2 Å². The summed E-state index contributed by atoms with van der Waals surface area (Å²) in [4.78, 5) is 12.8. The van der Waals surface area contributed by atoms with Gasteiger partial charge in [0, 0.05) is 20.6 Å². The lowest BCUT2D eigenvalue weighted by molar-refractivity contribution is -0.127. The molecule has 0 spiro atoms. The average molecular weight is 224 g/mol. The van der Waals surface area contributed by atoms with Gasteiger partial charge in [0.05, 0.1) is 6.54 Å². The van der Waals surface area contributed by atoms with Crippen LogP contribution in [0.5, 0.6) is 0 Å². The third kappa shape index (κ3) is 3.62. The fourth-order valence-electron chi connectivity index (χ4n) is 1.29. The Bertz CT molecular complexity index is 377. The Morgan fingerprint density at radius 1 is 1.44 bits per heavy atom. The molecule has 0 heterocycles. The van der Waals surface area contributed by atoms with Gasteiger partial charge in [-0.3, -0.25) is 4.79 Å². The minimum atomic E-state index is -0.201. The number of halogens is 1. The lowest BCUT2D eigenvalue weighted by Crippen LogP contribution is -2.32. The van der Waals surface area contributed by atoms with Gasteiger partial charge in [-0.15, -0.1) is 0 Å². The van der Waals surface area contributed by atoms with Crippen LogP contribution in [0.1, 0.15) is 11.1 Å². The molecule has 0 aliphatic rings. The van der Waals surface area contributed by atoms with Crippen molar-refractivity contribution in [2.75, 3.05) is 20.6 Å². The fourth-order valence-corrected chi connectivity index (χ4v) is 1.29. The first-order valence-electron chi connectivity index (χ1n) is 5.16. The second-order valence-electron chi connectivity index (χ2n) is 3.98. The molecule has 0 aliphatic carbocycles. The van der Waals surface area contributed by atoms with Crippen molar-refractivity contribution < 1.29 is 9.18 Å². The molecule has 0 aliphatic heterocycles. The Balaban J connectivity index is 2.43. The molecule has 0 aromatic heterocycles. The van der Waals surface area contributed by atoms with Gasteiger partial charge in [-0.25, -0.2) is 4.39 Å². The summed E-state index contributed by atoms with van der Waals surface area (Å²) in [5.74, 6) is -0.174. The number of carbonyl (C=O) groups is 1. The summed E-state index contributed by atoms with van der Waals surface area (Å²) in [6.07, 6.45) is 0. The van der Waals surface area contributed by atoms with E-state index >= 15 is 0 Å². The minimum absolute atomic E-state index is 0.0267. The molecule has 88 valence electrons. The average Bonchev–Trinajstić information content (AvgIpc) is 2.23. The number of nitrogens with one attached hydrogen (secondary N) is 1. The van der Waals surface area contributed by atoms with Gasteiger partial charge in [0.1, 0.15) is 5.82 Å². The van der Waals surface area contributed by atoms with Crippen molar-refractivity contribution in [1.82, 2.24) is 10.2 Å². The zero-order chi connectivity index (χ0) is 12.1. The van der Waals surface area contributed by atoms with E-state index in [4.69, 9.17) is 0 Å². The molecule has 1 aromatic carbocycles. The topological polar surface area (TPSA) is 32.3 Å². The van der Waals surface area contributed by atoms with Gasteiger partial charge in [0.2, 0.25) is 5.91 Å². The van der Waals surface area contributed by atoms with Crippen LogP contribution in [0, 0.1) is 12.7 Å². The number of amides is 1. The van der Waals surface area contributed by atoms with Gasteiger partial charge < -0.3 is 10.2 Å². The zero-order valence-corrected chi connectivity index (χ0v) is 9.88. The smallest absolute Gasteiger partial charge is 0.236 e. The minimum Gasteiger partial charge on any atom is -0.348 e. The highest BCUT2D eigenvalue weighted by Gasteiger charge is 2.03. The van der Waals surface area contributed by atoms with Gasteiger partial charge in [0.15, 0.2) is 0 Å². The van der Waals surface area contributed by atoms with Crippen LogP contribution in [0.3, 0.4) is 0 Å². The first-order valence-corrected chi connectivity index (χ1v) is 5.16. The molecule has 1 amide bonds. The summed E-state index contributed by atoms with van der Waals surface area (Å²) in [6, 6.07) is 4.94. The Morgan fingerprint density at radius 3 is 2.69 bits per heavy atom. The number of hydrogen-bond acceptors (Lipinski definition) is 2. The Morgan fingerprint density at radius 2 is 2.12 bits per heavy atom. The van der Waals surface area contributed by atoms with E-state index in [-0.39, 0.29) is 11.7 Å². The van der Waals surface area contributed by atoms with Crippen LogP contribution >= 0.6 is 0 Å². The van der Waals surface area contributed by atoms with Crippen molar-refractivity contribution in [2.45, 2.75) is 13.5 Å². The van der Waals surface area contributed by atoms with Crippen molar-refractivity contribution in [2.24, 2.45) is 0 Å². The van der Waals surface area contributed by atoms with Crippen molar-refractivity contribution >= 4 is 5.91 Å². The van der Waals surface area contributed by atoms with E-state index in [2.05, 4.69) is 5.32 Å². The molecule has 0 unspecified atom stereocenters. The molecule has 0 radical (unpaired) electrons. The molecule has 16 heavy (non-hydrogen) atoms. The van der Waals surface area contributed by atoms with Crippen molar-refractivity contribution in [3.8, 4) is 0 Å². The molecule has 3 nitrogen and oxygen atoms in total. The van der Waals surface area contributed by atoms with Crippen LogP contribution in [0.15, 0.2) is 18.2 Å². The number of nitrogens with zero attached hydrogens (tertiary/aromatic N) is 1. The summed E-state index contributed by atoms with van der Waals surface area (Å²) >= 11 is 0. The third-order valence-electron chi connectivity index (χ3n) is 2.33. The largest absolute Gasteiger partial charge is 0.348 e. The maximum Gasteiger partial charge on any atom is 0.236 e. The van der Waals surface area contributed by atoms with Crippen molar-refractivity contribution in [3.63, 3.8) is 0 Å². The molecule has 1 N–H and O–H groups in total. The van der Waals surface area contributed by atoms with E-state index < -0.39 is 0 Å². The van der Waals surface area contributed by atoms with E-state index in [0.717, 1.165) is 5.56 Å². The van der Waals surface area contributed by atoms with Crippen LogP contribution in [0.4, 0.5) is 4.39 Å². The first-order chi connectivity index (χ1) is 7.50. The molecule has 1 rings (SSSR count). The lowest BCUT2D eigenvalue weighted by Gasteiger charge is -2.11. The standard InChI is InChI=1S/C12H17FN2O/c1-9-6-10(4-5-11(9)13)7-14-8-12(16)15(2)3/h4-6,14H,7-8H2,1-3H3. The summed E-state index contributed by atoms with van der Waals surface area (Å²) in [5, 5.41) is 3.02. The predicted octanol–water partition coefficient (Wildman–Crippen LogP) is 1.31. The molecular formula is C12H17FN2O. The second kappa shape index (κ2) is 5.61. The molecule has 0 saturated carbocycles. The fraction of sp³-hybridized carbons (Fsp3) is 0.417. The van der Waals surface area contributed by atoms with Gasteiger partial charge in [-0.05, 0) is 24.1 Å². The molecule has 0 saturated heterocycles. The molecule has 0 bridgehead atoms. The number of carbonyl (C=O) groups excluding carboxylic acids is 1. The lowest BCUT2D eigenvalue weighted by atomic mass is 10.1. The van der Waals surface area contributed by atoms with E-state index in [1.807, 2.05) is 0 Å². The van der Waals surface area contributed by atoms with Gasteiger partial charge in [-0.1, -0.05) is 12.1 Å². The third-order valence-corrected chi connectivity index (χ3v) is 2.33. The van der Waals surface area contributed by atoms with Gasteiger partial charge >= 0.3 is 0 Å². The van der Waals surface area contributed by atoms with Crippen LogP contribution in [-0.4, -0.2) is 31.4 Å². The summed E-state index contributed by atoms with van der Waals surface area (Å²) in [7, 11) is 3.43.